The molecular weight excluding hydrogens is 208 g/mol. The van der Waals surface area contributed by atoms with Crippen LogP contribution in [0.3, 0.4) is 0 Å². The summed E-state index contributed by atoms with van der Waals surface area (Å²) in [5.41, 5.74) is 0. The summed E-state index contributed by atoms with van der Waals surface area (Å²) in [6, 6.07) is 0.462. The number of carbonyl (C=O) groups excluding carboxylic acids is 1. The molecule has 0 bridgehead atoms. The number of hydrogen-bond donors (Lipinski definition) is 1. The highest BCUT2D eigenvalue weighted by molar-refractivity contribution is 5.78. The van der Waals surface area contributed by atoms with Gasteiger partial charge in [-0.1, -0.05) is 0 Å². The van der Waals surface area contributed by atoms with Crippen LogP contribution >= 0.6 is 0 Å². The third-order valence-corrected chi connectivity index (χ3v) is 3.34. The first-order valence-electron chi connectivity index (χ1n) is 5.76. The molecule has 1 amide bonds. The number of carboxylic acid groups (broad SMARTS) is 1. The van der Waals surface area contributed by atoms with E-state index >= 15 is 0 Å². The van der Waals surface area contributed by atoms with Crippen LogP contribution < -0.4 is 0 Å². The molecule has 90 valence electrons. The second kappa shape index (κ2) is 4.41. The molecule has 2 rings (SSSR count). The summed E-state index contributed by atoms with van der Waals surface area (Å²) >= 11 is 0. The summed E-state index contributed by atoms with van der Waals surface area (Å²) in [5, 5.41) is 8.59. The lowest BCUT2D eigenvalue weighted by molar-refractivity contribution is -0.140. The number of likely N-dealkylation sites (tertiary alicyclic amines) is 1. The van der Waals surface area contributed by atoms with Crippen LogP contribution in [-0.4, -0.2) is 59.5 Å². The van der Waals surface area contributed by atoms with Gasteiger partial charge in [0, 0.05) is 26.2 Å². The van der Waals surface area contributed by atoms with Crippen molar-refractivity contribution in [1.82, 2.24) is 9.80 Å². The van der Waals surface area contributed by atoms with Crippen LogP contribution in [0.15, 0.2) is 0 Å². The lowest BCUT2D eigenvalue weighted by Gasteiger charge is -2.38. The summed E-state index contributed by atoms with van der Waals surface area (Å²) in [7, 11) is 1.86. The minimum atomic E-state index is -0.744. The van der Waals surface area contributed by atoms with E-state index in [1.807, 2.05) is 16.8 Å². The number of likely N-dealkylation sites (N-methyl/N-ethyl adjacent to an activating group) is 1. The fraction of sp³-hybridized carbons (Fsp3) is 0.818. The predicted molar refractivity (Wildman–Crippen MR) is 58.0 cm³/mol. The summed E-state index contributed by atoms with van der Waals surface area (Å²) in [5.74, 6) is -0.348. The van der Waals surface area contributed by atoms with Crippen LogP contribution in [0, 0.1) is 5.92 Å². The van der Waals surface area contributed by atoms with Crippen molar-refractivity contribution in [3.05, 3.63) is 0 Å². The maximum absolute atomic E-state index is 11.7. The van der Waals surface area contributed by atoms with Crippen molar-refractivity contribution in [3.63, 3.8) is 0 Å². The number of amides is 1. The Bertz CT molecular complexity index is 296. The molecule has 16 heavy (non-hydrogen) atoms. The molecule has 0 atom stereocenters. The number of carboxylic acids is 1. The molecule has 1 aliphatic heterocycles. The first-order valence-corrected chi connectivity index (χ1v) is 5.76. The van der Waals surface area contributed by atoms with Crippen LogP contribution in [0.4, 0.5) is 0 Å². The SMILES string of the molecule is CN(C(=O)CN1CC(CC(=O)O)C1)C1CC1. The van der Waals surface area contributed by atoms with Crippen LogP contribution in [0.1, 0.15) is 19.3 Å². The van der Waals surface area contributed by atoms with Crippen molar-refractivity contribution in [3.8, 4) is 0 Å². The molecular formula is C11H18N2O3. The Hall–Kier alpha value is -1.10. The van der Waals surface area contributed by atoms with Crippen molar-refractivity contribution < 1.29 is 14.7 Å². The fourth-order valence-electron chi connectivity index (χ4n) is 2.15. The van der Waals surface area contributed by atoms with Crippen molar-refractivity contribution in [1.29, 1.82) is 0 Å². The monoisotopic (exact) mass is 226 g/mol. The van der Waals surface area contributed by atoms with Gasteiger partial charge >= 0.3 is 5.97 Å². The number of aliphatic carboxylic acids is 1. The molecule has 0 aromatic rings. The number of carbonyl (C=O) groups is 2. The molecule has 0 unspecified atom stereocenters. The lowest BCUT2D eigenvalue weighted by Crippen LogP contribution is -2.51. The van der Waals surface area contributed by atoms with Crippen LogP contribution in [0.25, 0.3) is 0 Å². The highest BCUT2D eigenvalue weighted by Crippen LogP contribution is 2.26. The Kier molecular flexibility index (Phi) is 3.14. The van der Waals surface area contributed by atoms with E-state index < -0.39 is 5.97 Å². The maximum Gasteiger partial charge on any atom is 0.303 e. The van der Waals surface area contributed by atoms with Gasteiger partial charge in [0.2, 0.25) is 5.91 Å². The second-order valence-electron chi connectivity index (χ2n) is 4.89. The van der Waals surface area contributed by atoms with Gasteiger partial charge in [-0.2, -0.15) is 0 Å². The zero-order valence-corrected chi connectivity index (χ0v) is 9.56. The Morgan fingerprint density at radius 1 is 1.38 bits per heavy atom. The van der Waals surface area contributed by atoms with E-state index in [1.54, 1.807) is 0 Å². The highest BCUT2D eigenvalue weighted by atomic mass is 16.4. The summed E-state index contributed by atoms with van der Waals surface area (Å²) in [4.78, 5) is 26.0. The van der Waals surface area contributed by atoms with Gasteiger partial charge in [0.25, 0.3) is 0 Å². The van der Waals surface area contributed by atoms with Gasteiger partial charge in [-0.15, -0.1) is 0 Å². The Morgan fingerprint density at radius 3 is 2.50 bits per heavy atom. The molecule has 0 radical (unpaired) electrons. The van der Waals surface area contributed by atoms with E-state index in [9.17, 15) is 9.59 Å². The zero-order chi connectivity index (χ0) is 11.7. The van der Waals surface area contributed by atoms with Gasteiger partial charge in [0.05, 0.1) is 13.0 Å². The van der Waals surface area contributed by atoms with Gasteiger partial charge in [-0.05, 0) is 18.8 Å². The minimum absolute atomic E-state index is 0.163. The quantitative estimate of drug-likeness (QED) is 0.717. The van der Waals surface area contributed by atoms with E-state index in [-0.39, 0.29) is 18.2 Å². The standard InChI is InChI=1S/C11H18N2O3/c1-12(9-2-3-9)10(14)7-13-5-8(6-13)4-11(15)16/h8-9H,2-7H2,1H3,(H,15,16). The Labute approximate surface area is 95.0 Å². The van der Waals surface area contributed by atoms with Gasteiger partial charge in [-0.25, -0.2) is 0 Å². The number of hydrogen-bond acceptors (Lipinski definition) is 3. The number of rotatable bonds is 5. The van der Waals surface area contributed by atoms with E-state index in [2.05, 4.69) is 0 Å². The predicted octanol–water partition coefficient (Wildman–Crippen LogP) is 0.0137. The smallest absolute Gasteiger partial charge is 0.303 e. The van der Waals surface area contributed by atoms with E-state index in [4.69, 9.17) is 5.11 Å². The summed E-state index contributed by atoms with van der Waals surface area (Å²) < 4.78 is 0. The van der Waals surface area contributed by atoms with Crippen LogP contribution in [0.5, 0.6) is 0 Å². The van der Waals surface area contributed by atoms with Crippen molar-refractivity contribution in [2.75, 3.05) is 26.7 Å². The van der Waals surface area contributed by atoms with Crippen molar-refractivity contribution >= 4 is 11.9 Å². The molecule has 5 nitrogen and oxygen atoms in total. The molecule has 5 heteroatoms. The molecule has 1 aliphatic carbocycles. The highest BCUT2D eigenvalue weighted by Gasteiger charge is 2.33. The average molecular weight is 226 g/mol. The molecule has 1 N–H and O–H groups in total. The molecule has 1 saturated carbocycles. The Morgan fingerprint density at radius 2 is 2.00 bits per heavy atom. The minimum Gasteiger partial charge on any atom is -0.481 e. The lowest BCUT2D eigenvalue weighted by atomic mass is 9.96. The molecule has 0 aromatic carbocycles. The van der Waals surface area contributed by atoms with Crippen molar-refractivity contribution in [2.24, 2.45) is 5.92 Å². The molecule has 2 fully saturated rings. The van der Waals surface area contributed by atoms with Gasteiger partial charge in [0.1, 0.15) is 0 Å². The maximum atomic E-state index is 11.7. The molecule has 2 aliphatic rings. The normalized spacial score (nSPS) is 21.6. The van der Waals surface area contributed by atoms with Crippen LogP contribution in [0.2, 0.25) is 0 Å². The first-order chi connectivity index (χ1) is 7.56. The topological polar surface area (TPSA) is 60.9 Å². The second-order valence-corrected chi connectivity index (χ2v) is 4.89. The Balaban J connectivity index is 1.65. The molecule has 0 aromatic heterocycles. The van der Waals surface area contributed by atoms with Gasteiger partial charge in [0.15, 0.2) is 0 Å². The zero-order valence-electron chi connectivity index (χ0n) is 9.56. The summed E-state index contributed by atoms with van der Waals surface area (Å²) in [6.07, 6.45) is 2.48. The molecule has 0 spiro atoms. The van der Waals surface area contributed by atoms with E-state index in [0.717, 1.165) is 25.9 Å². The third-order valence-electron chi connectivity index (χ3n) is 3.34. The van der Waals surface area contributed by atoms with Gasteiger partial charge in [-0.3, -0.25) is 14.5 Å². The van der Waals surface area contributed by atoms with Gasteiger partial charge < -0.3 is 10.0 Å². The largest absolute Gasteiger partial charge is 0.481 e. The third kappa shape index (κ3) is 2.72. The van der Waals surface area contributed by atoms with E-state index in [0.29, 0.717) is 12.6 Å². The van der Waals surface area contributed by atoms with E-state index in [1.165, 1.54) is 0 Å². The van der Waals surface area contributed by atoms with Crippen molar-refractivity contribution in [2.45, 2.75) is 25.3 Å². The fourth-order valence-corrected chi connectivity index (χ4v) is 2.15. The molecule has 1 heterocycles. The molecule has 1 saturated heterocycles. The van der Waals surface area contributed by atoms with Crippen LogP contribution in [-0.2, 0) is 9.59 Å². The average Bonchev–Trinajstić information content (AvgIpc) is 2.95. The summed E-state index contributed by atoms with van der Waals surface area (Å²) in [6.45, 7) is 1.94. The number of nitrogens with zero attached hydrogens (tertiary/aromatic N) is 2. The first kappa shape index (κ1) is 11.4.